The maximum Gasteiger partial charge on any atom is 0.390 e. The van der Waals surface area contributed by atoms with E-state index in [1.54, 1.807) is 6.33 Å². The summed E-state index contributed by atoms with van der Waals surface area (Å²) >= 11 is 0. The molecule has 0 fully saturated rings. The molecule has 98 valence electrons. The Morgan fingerprint density at radius 2 is 2.17 bits per heavy atom. The number of H-pyrrole nitrogens is 1. The number of hydrogen-bond acceptors (Lipinski definition) is 2. The van der Waals surface area contributed by atoms with Gasteiger partial charge in [0.05, 0.1) is 23.8 Å². The summed E-state index contributed by atoms with van der Waals surface area (Å²) in [4.78, 5) is 7.05. The van der Waals surface area contributed by atoms with Gasteiger partial charge < -0.3 is 10.3 Å². The number of nitrogens with zero attached hydrogens (tertiary/aromatic N) is 1. The fourth-order valence-electron chi connectivity index (χ4n) is 1.80. The molecule has 0 saturated carbocycles. The lowest BCUT2D eigenvalue weighted by Crippen LogP contribution is -2.30. The number of hydrogen-bond donors (Lipinski definition) is 2. The van der Waals surface area contributed by atoms with Crippen LogP contribution < -0.4 is 5.32 Å². The SMILES string of the molecule is C[C@H](CC(F)(F)F)NCc1ccc2nc[nH]c2c1. The molecule has 0 radical (unpaired) electrons. The van der Waals surface area contributed by atoms with E-state index in [0.29, 0.717) is 6.54 Å². The van der Waals surface area contributed by atoms with Crippen molar-refractivity contribution in [2.45, 2.75) is 32.1 Å². The lowest BCUT2D eigenvalue weighted by Gasteiger charge is -2.15. The third-order valence-corrected chi connectivity index (χ3v) is 2.68. The smallest absolute Gasteiger partial charge is 0.345 e. The quantitative estimate of drug-likeness (QED) is 0.884. The molecule has 6 heteroatoms. The largest absolute Gasteiger partial charge is 0.390 e. The summed E-state index contributed by atoms with van der Waals surface area (Å²) in [5, 5.41) is 2.86. The van der Waals surface area contributed by atoms with Crippen LogP contribution in [-0.4, -0.2) is 22.2 Å². The van der Waals surface area contributed by atoms with E-state index in [2.05, 4.69) is 15.3 Å². The van der Waals surface area contributed by atoms with Crippen molar-refractivity contribution in [3.8, 4) is 0 Å². The first-order valence-electron chi connectivity index (χ1n) is 5.66. The van der Waals surface area contributed by atoms with E-state index in [9.17, 15) is 13.2 Å². The van der Waals surface area contributed by atoms with Gasteiger partial charge in [0.2, 0.25) is 0 Å². The summed E-state index contributed by atoms with van der Waals surface area (Å²) in [7, 11) is 0. The maximum atomic E-state index is 12.1. The number of benzene rings is 1. The predicted octanol–water partition coefficient (Wildman–Crippen LogP) is 2.99. The van der Waals surface area contributed by atoms with Gasteiger partial charge in [0.15, 0.2) is 0 Å². The topological polar surface area (TPSA) is 40.7 Å². The van der Waals surface area contributed by atoms with Gasteiger partial charge in [-0.3, -0.25) is 0 Å². The van der Waals surface area contributed by atoms with E-state index in [0.717, 1.165) is 16.6 Å². The highest BCUT2D eigenvalue weighted by atomic mass is 19.4. The fraction of sp³-hybridized carbons (Fsp3) is 0.417. The number of nitrogens with one attached hydrogen (secondary N) is 2. The summed E-state index contributed by atoms with van der Waals surface area (Å²) in [6, 6.07) is 4.99. The van der Waals surface area contributed by atoms with Crippen LogP contribution in [0.4, 0.5) is 13.2 Å². The second kappa shape index (κ2) is 4.97. The highest BCUT2D eigenvalue weighted by Crippen LogP contribution is 2.21. The number of rotatable bonds is 4. The summed E-state index contributed by atoms with van der Waals surface area (Å²) in [6.45, 7) is 1.94. The van der Waals surface area contributed by atoms with E-state index in [4.69, 9.17) is 0 Å². The van der Waals surface area contributed by atoms with Gasteiger partial charge in [-0.15, -0.1) is 0 Å². The van der Waals surface area contributed by atoms with E-state index in [-0.39, 0.29) is 0 Å². The molecular weight excluding hydrogens is 243 g/mol. The van der Waals surface area contributed by atoms with Crippen LogP contribution in [-0.2, 0) is 6.54 Å². The van der Waals surface area contributed by atoms with Crippen LogP contribution in [0.1, 0.15) is 18.9 Å². The zero-order chi connectivity index (χ0) is 13.2. The predicted molar refractivity (Wildman–Crippen MR) is 63.1 cm³/mol. The van der Waals surface area contributed by atoms with Gasteiger partial charge in [0, 0.05) is 12.6 Å². The van der Waals surface area contributed by atoms with Crippen molar-refractivity contribution < 1.29 is 13.2 Å². The number of halogens is 3. The number of aromatic nitrogens is 2. The van der Waals surface area contributed by atoms with Gasteiger partial charge in [-0.05, 0) is 24.6 Å². The van der Waals surface area contributed by atoms with Crippen LogP contribution in [0.25, 0.3) is 11.0 Å². The summed E-state index contributed by atoms with van der Waals surface area (Å²) < 4.78 is 36.4. The Balaban J connectivity index is 1.93. The molecule has 2 rings (SSSR count). The van der Waals surface area contributed by atoms with Crippen LogP contribution in [0.3, 0.4) is 0 Å². The maximum absolute atomic E-state index is 12.1. The van der Waals surface area contributed by atoms with Gasteiger partial charge in [-0.2, -0.15) is 13.2 Å². The third-order valence-electron chi connectivity index (χ3n) is 2.68. The molecular formula is C12H14F3N3. The van der Waals surface area contributed by atoms with Crippen LogP contribution in [0.2, 0.25) is 0 Å². The number of fused-ring (bicyclic) bond motifs is 1. The van der Waals surface area contributed by atoms with Crippen LogP contribution >= 0.6 is 0 Å². The van der Waals surface area contributed by atoms with Gasteiger partial charge in [-0.25, -0.2) is 4.98 Å². The Bertz CT molecular complexity index is 519. The third kappa shape index (κ3) is 3.46. The van der Waals surface area contributed by atoms with Crippen LogP contribution in [0.15, 0.2) is 24.5 Å². The molecule has 0 aliphatic carbocycles. The van der Waals surface area contributed by atoms with E-state index < -0.39 is 18.6 Å². The summed E-state index contributed by atoms with van der Waals surface area (Å²) in [6.07, 6.45) is -3.35. The Morgan fingerprint density at radius 1 is 1.39 bits per heavy atom. The highest BCUT2D eigenvalue weighted by molar-refractivity contribution is 5.74. The molecule has 0 saturated heterocycles. The lowest BCUT2D eigenvalue weighted by molar-refractivity contribution is -0.139. The minimum atomic E-state index is -4.13. The lowest BCUT2D eigenvalue weighted by atomic mass is 10.1. The fourth-order valence-corrected chi connectivity index (χ4v) is 1.80. The molecule has 1 heterocycles. The molecule has 0 aliphatic rings. The van der Waals surface area contributed by atoms with E-state index in [1.807, 2.05) is 18.2 Å². The summed E-state index contributed by atoms with van der Waals surface area (Å²) in [5.74, 6) is 0. The van der Waals surface area contributed by atoms with Crippen LogP contribution in [0.5, 0.6) is 0 Å². The highest BCUT2D eigenvalue weighted by Gasteiger charge is 2.29. The Kier molecular flexibility index (Phi) is 3.56. The van der Waals surface area contributed by atoms with Crippen molar-refractivity contribution in [1.82, 2.24) is 15.3 Å². The molecule has 1 atom stereocenters. The minimum absolute atomic E-state index is 0.409. The monoisotopic (exact) mass is 257 g/mol. The normalized spacial score (nSPS) is 14.0. The molecule has 1 aromatic carbocycles. The first-order valence-corrected chi connectivity index (χ1v) is 5.66. The van der Waals surface area contributed by atoms with Gasteiger partial charge in [0.1, 0.15) is 0 Å². The molecule has 0 aliphatic heterocycles. The molecule has 0 spiro atoms. The van der Waals surface area contributed by atoms with Crippen molar-refractivity contribution in [2.24, 2.45) is 0 Å². The van der Waals surface area contributed by atoms with Crippen LogP contribution in [0, 0.1) is 0 Å². The molecule has 1 aromatic heterocycles. The molecule has 0 bridgehead atoms. The van der Waals surface area contributed by atoms with Crippen molar-refractivity contribution in [1.29, 1.82) is 0 Å². The van der Waals surface area contributed by atoms with Crippen molar-refractivity contribution in [3.63, 3.8) is 0 Å². The second-order valence-electron chi connectivity index (χ2n) is 4.36. The number of alkyl halides is 3. The molecule has 2 aromatic rings. The van der Waals surface area contributed by atoms with Crippen molar-refractivity contribution in [2.75, 3.05) is 0 Å². The Labute approximate surface area is 102 Å². The van der Waals surface area contributed by atoms with E-state index >= 15 is 0 Å². The average molecular weight is 257 g/mol. The average Bonchev–Trinajstić information content (AvgIpc) is 2.71. The molecule has 3 nitrogen and oxygen atoms in total. The zero-order valence-electron chi connectivity index (χ0n) is 9.88. The summed E-state index contributed by atoms with van der Waals surface area (Å²) in [5.41, 5.74) is 2.67. The molecule has 18 heavy (non-hydrogen) atoms. The van der Waals surface area contributed by atoms with Crippen molar-refractivity contribution in [3.05, 3.63) is 30.1 Å². The standard InChI is InChI=1S/C12H14F3N3/c1-8(5-12(13,14)15)16-6-9-2-3-10-11(4-9)18-7-17-10/h2-4,7-8,16H,5-6H2,1H3,(H,17,18)/t8-/m1/s1. The zero-order valence-corrected chi connectivity index (χ0v) is 9.88. The van der Waals surface area contributed by atoms with Gasteiger partial charge in [0.25, 0.3) is 0 Å². The number of imidazole rings is 1. The minimum Gasteiger partial charge on any atom is -0.345 e. The van der Waals surface area contributed by atoms with Gasteiger partial charge in [-0.1, -0.05) is 6.07 Å². The molecule has 2 N–H and O–H groups in total. The first kappa shape index (κ1) is 12.9. The number of aromatic amines is 1. The second-order valence-corrected chi connectivity index (χ2v) is 4.36. The van der Waals surface area contributed by atoms with Crippen molar-refractivity contribution >= 4 is 11.0 Å². The molecule has 0 unspecified atom stereocenters. The first-order chi connectivity index (χ1) is 8.44. The van der Waals surface area contributed by atoms with E-state index in [1.165, 1.54) is 6.92 Å². The Morgan fingerprint density at radius 3 is 2.89 bits per heavy atom. The molecule has 0 amide bonds. The van der Waals surface area contributed by atoms with Gasteiger partial charge >= 0.3 is 6.18 Å². The Hall–Kier alpha value is -1.56.